The quantitative estimate of drug-likeness (QED) is 0.322. The molecule has 0 amide bonds. The summed E-state index contributed by atoms with van der Waals surface area (Å²) in [5.41, 5.74) is -6.29. The first-order valence-electron chi connectivity index (χ1n) is 11.9. The van der Waals surface area contributed by atoms with Gasteiger partial charge in [0.2, 0.25) is 11.5 Å². The van der Waals surface area contributed by atoms with Crippen LogP contribution in [0.4, 0.5) is 30.7 Å². The third kappa shape index (κ3) is 4.60. The summed E-state index contributed by atoms with van der Waals surface area (Å²) in [6.07, 6.45) is -2.48. The molecule has 2 atom stereocenters. The number of rotatable bonds is 6. The van der Waals surface area contributed by atoms with Crippen molar-refractivity contribution in [2.45, 2.75) is 43.8 Å². The van der Waals surface area contributed by atoms with E-state index in [1.54, 1.807) is 4.90 Å². The fraction of sp³-hybridized carbons (Fsp3) is 0.400. The van der Waals surface area contributed by atoms with Gasteiger partial charge >= 0.3 is 17.8 Å². The number of nitrogens with zero attached hydrogens (tertiary/aromatic N) is 6. The van der Waals surface area contributed by atoms with Gasteiger partial charge in [-0.2, -0.15) is 22.0 Å². The van der Waals surface area contributed by atoms with Crippen LogP contribution in [-0.2, 0) is 31.4 Å². The molecular weight excluding hydrogens is 533 g/mol. The van der Waals surface area contributed by atoms with Crippen molar-refractivity contribution in [3.8, 4) is 5.69 Å². The fourth-order valence-corrected chi connectivity index (χ4v) is 4.84. The Labute approximate surface area is 217 Å². The Morgan fingerprint density at radius 2 is 1.82 bits per heavy atom. The number of fused-ring (bicyclic) bond motifs is 1. The summed E-state index contributed by atoms with van der Waals surface area (Å²) < 4.78 is 104. The van der Waals surface area contributed by atoms with Gasteiger partial charge in [-0.1, -0.05) is 12.1 Å². The Morgan fingerprint density at radius 3 is 2.44 bits per heavy atom. The number of hydrogen-bond acceptors (Lipinski definition) is 4. The highest BCUT2D eigenvalue weighted by atomic mass is 19.4. The topological polar surface area (TPSA) is 60.4 Å². The average molecular weight is 556 g/mol. The first-order valence-corrected chi connectivity index (χ1v) is 11.9. The smallest absolute Gasteiger partial charge is 0.316 e. The molecule has 5 rings (SSSR count). The lowest BCUT2D eigenvalue weighted by molar-refractivity contribution is -0.149. The molecule has 1 aliphatic rings. The van der Waals surface area contributed by atoms with E-state index in [4.69, 9.17) is 0 Å². The Bertz CT molecular complexity index is 1590. The Hall–Kier alpha value is -3.68. The standard InChI is InChI=1S/C25H23F7N6O/c1-23(27,24(28,29)21-34-33-14-35(21)2)16-4-3-5-18(9-16)37-13-20-19(25(30,31)32)8-15(11-38(20)22(37)39)10-36-7-6-17(26)12-36/h3-5,8-9,11,13-14,17H,6-7,10,12H2,1-2H3/t17-,23-/m0/s1. The van der Waals surface area contributed by atoms with Gasteiger partial charge in [0.05, 0.1) is 16.8 Å². The number of imidazole rings is 1. The zero-order valence-electron chi connectivity index (χ0n) is 20.8. The van der Waals surface area contributed by atoms with Crippen LogP contribution in [0.5, 0.6) is 0 Å². The van der Waals surface area contributed by atoms with Crippen LogP contribution < -0.4 is 5.69 Å². The summed E-state index contributed by atoms with van der Waals surface area (Å²) in [4.78, 5) is 14.9. The van der Waals surface area contributed by atoms with Crippen LogP contribution in [0, 0.1) is 0 Å². The molecule has 1 fully saturated rings. The van der Waals surface area contributed by atoms with Gasteiger partial charge in [0.1, 0.15) is 12.5 Å². The van der Waals surface area contributed by atoms with Crippen molar-refractivity contribution >= 4 is 5.52 Å². The number of alkyl halides is 7. The first-order chi connectivity index (χ1) is 18.2. The highest BCUT2D eigenvalue weighted by Gasteiger charge is 2.57. The Morgan fingerprint density at radius 1 is 1.08 bits per heavy atom. The predicted octanol–water partition coefficient (Wildman–Crippen LogP) is 4.76. The third-order valence-corrected chi connectivity index (χ3v) is 7.00. The highest BCUT2D eigenvalue weighted by Crippen LogP contribution is 2.47. The molecule has 14 heteroatoms. The van der Waals surface area contributed by atoms with Crippen LogP contribution >= 0.6 is 0 Å². The number of benzene rings is 1. The van der Waals surface area contributed by atoms with Crippen molar-refractivity contribution in [2.75, 3.05) is 13.1 Å². The molecule has 7 nitrogen and oxygen atoms in total. The molecule has 0 N–H and O–H groups in total. The van der Waals surface area contributed by atoms with Crippen molar-refractivity contribution in [1.82, 2.24) is 28.6 Å². The SMILES string of the molecule is Cn1cnnc1C(F)(F)[C@@](C)(F)c1cccc(-n2cc3c(C(F)(F)F)cc(CN4CC[C@H](F)C4)cn3c2=O)c1. The minimum atomic E-state index is -4.83. The summed E-state index contributed by atoms with van der Waals surface area (Å²) in [6, 6.07) is 5.48. The molecule has 0 bridgehead atoms. The molecule has 0 radical (unpaired) electrons. The molecule has 1 aliphatic heterocycles. The van der Waals surface area contributed by atoms with E-state index in [9.17, 15) is 22.4 Å². The van der Waals surface area contributed by atoms with Gasteiger partial charge in [0.15, 0.2) is 0 Å². The second-order valence-corrected chi connectivity index (χ2v) is 9.81. The number of aryl methyl sites for hydroxylation is 1. The molecule has 0 aliphatic carbocycles. The van der Waals surface area contributed by atoms with Crippen LogP contribution in [0.2, 0.25) is 0 Å². The minimum absolute atomic E-state index is 0.00385. The lowest BCUT2D eigenvalue weighted by Gasteiger charge is -2.29. The molecule has 0 saturated carbocycles. The van der Waals surface area contributed by atoms with Crippen molar-refractivity contribution in [3.05, 3.63) is 82.1 Å². The summed E-state index contributed by atoms with van der Waals surface area (Å²) in [6.45, 7) is 1.09. The van der Waals surface area contributed by atoms with Gasteiger partial charge < -0.3 is 4.57 Å². The second kappa shape index (κ2) is 9.21. The maximum absolute atomic E-state index is 15.7. The molecule has 1 saturated heterocycles. The zero-order chi connectivity index (χ0) is 28.3. The van der Waals surface area contributed by atoms with Gasteiger partial charge in [-0.25, -0.2) is 13.6 Å². The van der Waals surface area contributed by atoms with Crippen LogP contribution in [0.1, 0.15) is 35.9 Å². The van der Waals surface area contributed by atoms with Crippen molar-refractivity contribution in [3.63, 3.8) is 0 Å². The van der Waals surface area contributed by atoms with Gasteiger partial charge in [0.25, 0.3) is 0 Å². The van der Waals surface area contributed by atoms with Gasteiger partial charge in [-0.3, -0.25) is 13.9 Å². The maximum atomic E-state index is 15.7. The van der Waals surface area contributed by atoms with Gasteiger partial charge in [-0.05, 0) is 42.7 Å². The van der Waals surface area contributed by atoms with E-state index in [0.717, 1.165) is 44.3 Å². The van der Waals surface area contributed by atoms with Crippen LogP contribution in [-0.4, -0.2) is 47.9 Å². The molecule has 3 aromatic heterocycles. The Kier molecular flexibility index (Phi) is 6.35. The number of likely N-dealkylation sites (tertiary alicyclic amines) is 1. The van der Waals surface area contributed by atoms with E-state index in [1.807, 2.05) is 0 Å². The summed E-state index contributed by atoms with van der Waals surface area (Å²) in [7, 11) is 1.23. The van der Waals surface area contributed by atoms with E-state index in [0.29, 0.717) is 13.5 Å². The zero-order valence-corrected chi connectivity index (χ0v) is 20.8. The largest absolute Gasteiger partial charge is 0.418 e. The maximum Gasteiger partial charge on any atom is 0.418 e. The fourth-order valence-electron chi connectivity index (χ4n) is 4.84. The molecular formula is C25H23F7N6O. The van der Waals surface area contributed by atoms with Crippen molar-refractivity contribution < 1.29 is 30.7 Å². The predicted molar refractivity (Wildman–Crippen MR) is 126 cm³/mol. The number of halogens is 7. The average Bonchev–Trinajstić information content (AvgIpc) is 3.57. The van der Waals surface area contributed by atoms with E-state index in [2.05, 4.69) is 10.2 Å². The minimum Gasteiger partial charge on any atom is -0.316 e. The summed E-state index contributed by atoms with van der Waals surface area (Å²) in [5, 5.41) is 6.69. The summed E-state index contributed by atoms with van der Waals surface area (Å²) in [5.74, 6) is -5.07. The molecule has 208 valence electrons. The normalized spacial score (nSPS) is 18.6. The van der Waals surface area contributed by atoms with Gasteiger partial charge in [-0.15, -0.1) is 10.2 Å². The lowest BCUT2D eigenvalue weighted by atomic mass is 9.90. The molecule has 39 heavy (non-hydrogen) atoms. The van der Waals surface area contributed by atoms with Crippen LogP contribution in [0.25, 0.3) is 11.2 Å². The van der Waals surface area contributed by atoms with Crippen LogP contribution in [0.3, 0.4) is 0 Å². The van der Waals surface area contributed by atoms with Gasteiger partial charge in [0, 0.05) is 39.1 Å². The summed E-state index contributed by atoms with van der Waals surface area (Å²) >= 11 is 0. The van der Waals surface area contributed by atoms with Crippen LogP contribution in [0.15, 0.2) is 53.8 Å². The number of aromatic nitrogens is 5. The second-order valence-electron chi connectivity index (χ2n) is 9.81. The highest BCUT2D eigenvalue weighted by molar-refractivity contribution is 5.58. The van der Waals surface area contributed by atoms with E-state index in [-0.39, 0.29) is 30.8 Å². The molecule has 4 aromatic rings. The molecule has 1 aromatic carbocycles. The number of hydrogen-bond donors (Lipinski definition) is 0. The Balaban J connectivity index is 1.60. The molecule has 0 unspecified atom stereocenters. The van der Waals surface area contributed by atoms with Crippen molar-refractivity contribution in [1.29, 1.82) is 0 Å². The van der Waals surface area contributed by atoms with E-state index in [1.165, 1.54) is 25.4 Å². The molecule has 0 spiro atoms. The monoisotopic (exact) mass is 556 g/mol. The molecule has 4 heterocycles. The van der Waals surface area contributed by atoms with Crippen molar-refractivity contribution in [2.24, 2.45) is 7.05 Å². The third-order valence-electron chi connectivity index (χ3n) is 7.00. The van der Waals surface area contributed by atoms with E-state index < -0.39 is 52.1 Å². The number of pyridine rings is 1. The van der Waals surface area contributed by atoms with E-state index >= 15 is 13.2 Å². The first kappa shape index (κ1) is 26.9. The lowest BCUT2D eigenvalue weighted by Crippen LogP contribution is -2.39.